The van der Waals surface area contributed by atoms with Gasteiger partial charge in [-0.05, 0) is 10.4 Å². The van der Waals surface area contributed by atoms with Crippen LogP contribution in [0.1, 0.15) is 0 Å². The van der Waals surface area contributed by atoms with E-state index in [9.17, 15) is 0 Å². The normalized spacial score (nSPS) is 10.9. The summed E-state index contributed by atoms with van der Waals surface area (Å²) >= 11 is 0. The molecule has 0 atom stereocenters. The molecule has 0 spiro atoms. The van der Waals surface area contributed by atoms with E-state index in [-0.39, 0.29) is 0 Å². The topological polar surface area (TPSA) is 94.5 Å². The zero-order chi connectivity index (χ0) is 12.1. The molecule has 8 nitrogen and oxygen atoms in total. The Morgan fingerprint density at radius 1 is 1.41 bits per heavy atom. The summed E-state index contributed by atoms with van der Waals surface area (Å²) in [5.74, 6) is 0.823. The van der Waals surface area contributed by atoms with Gasteiger partial charge in [0.15, 0.2) is 11.5 Å². The number of tetrazole rings is 1. The first kappa shape index (κ1) is 11.7. The minimum Gasteiger partial charge on any atom is -0.378 e. The third-order valence-corrected chi connectivity index (χ3v) is 2.31. The van der Waals surface area contributed by atoms with E-state index < -0.39 is 0 Å². The molecule has 2 rings (SSSR count). The van der Waals surface area contributed by atoms with Crippen molar-refractivity contribution >= 4 is 11.5 Å². The van der Waals surface area contributed by atoms with Gasteiger partial charge in [0.25, 0.3) is 0 Å². The number of anilines is 1. The van der Waals surface area contributed by atoms with Crippen LogP contribution in [0.5, 0.6) is 0 Å². The Balaban J connectivity index is 2.03. The number of nitrogens with zero attached hydrogens (tertiary/aromatic N) is 6. The highest BCUT2D eigenvalue weighted by Crippen LogP contribution is 2.10. The molecule has 0 fully saturated rings. The van der Waals surface area contributed by atoms with E-state index in [0.717, 1.165) is 12.4 Å². The summed E-state index contributed by atoms with van der Waals surface area (Å²) < 4.78 is 6.96. The first-order valence-corrected chi connectivity index (χ1v) is 5.34. The van der Waals surface area contributed by atoms with Crippen molar-refractivity contribution in [2.75, 3.05) is 38.3 Å². The second-order valence-corrected chi connectivity index (χ2v) is 3.54. The zero-order valence-corrected chi connectivity index (χ0v) is 9.65. The Bertz CT molecular complexity index is 471. The van der Waals surface area contributed by atoms with Crippen molar-refractivity contribution in [3.05, 3.63) is 12.4 Å². The Kier molecular flexibility index (Phi) is 3.78. The molecule has 2 heterocycles. The van der Waals surface area contributed by atoms with Crippen LogP contribution in [0.2, 0.25) is 0 Å². The molecule has 0 saturated carbocycles. The number of aromatic nitrogens is 5. The number of ether oxygens (including phenoxy) is 1. The molecule has 0 aliphatic heterocycles. The predicted octanol–water partition coefficient (Wildman–Crippen LogP) is -1.07. The smallest absolute Gasteiger partial charge is 0.199 e. The van der Waals surface area contributed by atoms with Crippen molar-refractivity contribution < 1.29 is 4.74 Å². The van der Waals surface area contributed by atoms with Gasteiger partial charge in [0.1, 0.15) is 0 Å². The fourth-order valence-electron chi connectivity index (χ4n) is 1.42. The Hall–Kier alpha value is -1.80. The Morgan fingerprint density at radius 3 is 3.12 bits per heavy atom. The molecule has 0 amide bonds. The highest BCUT2D eigenvalue weighted by Gasteiger charge is 2.08. The van der Waals surface area contributed by atoms with E-state index >= 15 is 0 Å². The van der Waals surface area contributed by atoms with E-state index in [0.29, 0.717) is 25.4 Å². The highest BCUT2D eigenvalue weighted by atomic mass is 16.5. The SMILES string of the molecule is CN(CCOCCN)c1cncc2nnnn12. The number of fused-ring (bicyclic) bond motifs is 1. The van der Waals surface area contributed by atoms with Crippen LogP contribution in [0, 0.1) is 0 Å². The van der Waals surface area contributed by atoms with E-state index in [1.54, 1.807) is 16.9 Å². The van der Waals surface area contributed by atoms with Crippen LogP contribution in [-0.2, 0) is 4.74 Å². The summed E-state index contributed by atoms with van der Waals surface area (Å²) in [4.78, 5) is 6.06. The van der Waals surface area contributed by atoms with Crippen molar-refractivity contribution in [1.29, 1.82) is 0 Å². The van der Waals surface area contributed by atoms with E-state index in [1.807, 2.05) is 11.9 Å². The number of likely N-dealkylation sites (N-methyl/N-ethyl adjacent to an activating group) is 1. The molecule has 2 N–H and O–H groups in total. The molecule has 17 heavy (non-hydrogen) atoms. The molecule has 0 aromatic carbocycles. The lowest BCUT2D eigenvalue weighted by Crippen LogP contribution is -2.26. The van der Waals surface area contributed by atoms with Gasteiger partial charge in [0.2, 0.25) is 0 Å². The second kappa shape index (κ2) is 5.51. The fourth-order valence-corrected chi connectivity index (χ4v) is 1.42. The molecular formula is C9H15N7O. The quantitative estimate of drug-likeness (QED) is 0.639. The predicted molar refractivity (Wildman–Crippen MR) is 61.7 cm³/mol. The largest absolute Gasteiger partial charge is 0.378 e. The zero-order valence-electron chi connectivity index (χ0n) is 9.65. The first-order valence-electron chi connectivity index (χ1n) is 5.34. The third-order valence-electron chi connectivity index (χ3n) is 2.31. The van der Waals surface area contributed by atoms with Crippen LogP contribution in [0.25, 0.3) is 5.65 Å². The van der Waals surface area contributed by atoms with Gasteiger partial charge in [0.05, 0.1) is 25.6 Å². The average Bonchev–Trinajstić information content (AvgIpc) is 2.82. The van der Waals surface area contributed by atoms with Crippen LogP contribution in [0.3, 0.4) is 0 Å². The van der Waals surface area contributed by atoms with Gasteiger partial charge in [-0.3, -0.25) is 4.98 Å². The lowest BCUT2D eigenvalue weighted by atomic mass is 10.5. The molecule has 0 radical (unpaired) electrons. The lowest BCUT2D eigenvalue weighted by Gasteiger charge is -2.18. The fraction of sp³-hybridized carbons (Fsp3) is 0.556. The molecule has 92 valence electrons. The molecule has 2 aromatic rings. The van der Waals surface area contributed by atoms with E-state index in [2.05, 4.69) is 20.5 Å². The first-order chi connectivity index (χ1) is 8.33. The summed E-state index contributed by atoms with van der Waals surface area (Å²) in [6, 6.07) is 0. The minimum atomic E-state index is 0.536. The van der Waals surface area contributed by atoms with Gasteiger partial charge in [0, 0.05) is 20.1 Å². The Morgan fingerprint density at radius 2 is 2.29 bits per heavy atom. The second-order valence-electron chi connectivity index (χ2n) is 3.54. The maximum Gasteiger partial charge on any atom is 0.199 e. The van der Waals surface area contributed by atoms with Gasteiger partial charge < -0.3 is 15.4 Å². The number of hydrogen-bond donors (Lipinski definition) is 1. The van der Waals surface area contributed by atoms with Gasteiger partial charge in [-0.15, -0.1) is 5.10 Å². The van der Waals surface area contributed by atoms with Crippen molar-refractivity contribution in [3.8, 4) is 0 Å². The molecule has 0 aliphatic rings. The number of rotatable bonds is 6. The Labute approximate surface area is 98.4 Å². The van der Waals surface area contributed by atoms with E-state index in [4.69, 9.17) is 10.5 Å². The summed E-state index contributed by atoms with van der Waals surface area (Å²) in [6.45, 7) is 2.43. The van der Waals surface area contributed by atoms with Gasteiger partial charge in [-0.25, -0.2) is 0 Å². The molecule has 0 bridgehead atoms. The molecule has 0 aliphatic carbocycles. The van der Waals surface area contributed by atoms with Crippen molar-refractivity contribution in [3.63, 3.8) is 0 Å². The molecule has 2 aromatic heterocycles. The summed E-state index contributed by atoms with van der Waals surface area (Å²) in [6.07, 6.45) is 3.33. The molecule has 0 unspecified atom stereocenters. The monoisotopic (exact) mass is 237 g/mol. The van der Waals surface area contributed by atoms with E-state index in [1.165, 1.54) is 0 Å². The van der Waals surface area contributed by atoms with Crippen molar-refractivity contribution in [2.45, 2.75) is 0 Å². The molecule has 0 saturated heterocycles. The van der Waals surface area contributed by atoms with Gasteiger partial charge in [-0.1, -0.05) is 0 Å². The third kappa shape index (κ3) is 2.66. The van der Waals surface area contributed by atoms with Crippen LogP contribution in [0.15, 0.2) is 12.4 Å². The van der Waals surface area contributed by atoms with Gasteiger partial charge >= 0.3 is 0 Å². The van der Waals surface area contributed by atoms with Crippen LogP contribution < -0.4 is 10.6 Å². The summed E-state index contributed by atoms with van der Waals surface area (Å²) in [7, 11) is 1.93. The van der Waals surface area contributed by atoms with Crippen molar-refractivity contribution in [1.82, 2.24) is 25.0 Å². The summed E-state index contributed by atoms with van der Waals surface area (Å²) in [5, 5.41) is 11.3. The molecule has 8 heteroatoms. The average molecular weight is 237 g/mol. The standard InChI is InChI=1S/C9H15N7O/c1-15(3-5-17-4-2-10)9-7-11-6-8-12-13-14-16(8)9/h6-7H,2-5,10H2,1H3. The number of nitrogens with two attached hydrogens (primary N) is 1. The van der Waals surface area contributed by atoms with Crippen LogP contribution in [0.4, 0.5) is 5.82 Å². The lowest BCUT2D eigenvalue weighted by molar-refractivity contribution is 0.148. The summed E-state index contributed by atoms with van der Waals surface area (Å²) in [5.41, 5.74) is 5.96. The minimum absolute atomic E-state index is 0.536. The van der Waals surface area contributed by atoms with Crippen molar-refractivity contribution in [2.24, 2.45) is 5.73 Å². The maximum absolute atomic E-state index is 5.34. The van der Waals surface area contributed by atoms with Gasteiger partial charge in [-0.2, -0.15) is 4.52 Å². The van der Waals surface area contributed by atoms with Crippen LogP contribution >= 0.6 is 0 Å². The maximum atomic E-state index is 5.34. The highest BCUT2D eigenvalue weighted by molar-refractivity contribution is 5.45. The number of hydrogen-bond acceptors (Lipinski definition) is 7. The molecular weight excluding hydrogens is 222 g/mol. The van der Waals surface area contributed by atoms with Crippen LogP contribution in [-0.4, -0.2) is 58.4 Å².